The van der Waals surface area contributed by atoms with Crippen molar-refractivity contribution < 1.29 is 4.74 Å². The third kappa shape index (κ3) is 2.90. The van der Waals surface area contributed by atoms with E-state index in [2.05, 4.69) is 11.4 Å². The normalized spacial score (nSPS) is 21.9. The van der Waals surface area contributed by atoms with Gasteiger partial charge in [-0.3, -0.25) is 4.79 Å². The SMILES string of the molecule is Cc1c(Cl)cccc1C1(Nc2ccc3ccn(C4CC4)c(=O)c3n2)CCOC1. The summed E-state index contributed by atoms with van der Waals surface area (Å²) in [6.07, 6.45) is 4.84. The highest BCUT2D eigenvalue weighted by Gasteiger charge is 2.38. The molecule has 3 aromatic rings. The van der Waals surface area contributed by atoms with E-state index >= 15 is 0 Å². The number of pyridine rings is 2. The summed E-state index contributed by atoms with van der Waals surface area (Å²) in [5.74, 6) is 0.683. The van der Waals surface area contributed by atoms with Crippen LogP contribution in [0.25, 0.3) is 10.9 Å². The Hall–Kier alpha value is -2.37. The smallest absolute Gasteiger partial charge is 0.277 e. The van der Waals surface area contributed by atoms with E-state index in [1.807, 2.05) is 48.0 Å². The molecule has 2 fully saturated rings. The Morgan fingerprint density at radius 3 is 2.86 bits per heavy atom. The zero-order valence-corrected chi connectivity index (χ0v) is 16.5. The molecule has 0 radical (unpaired) electrons. The fourth-order valence-corrected chi connectivity index (χ4v) is 4.33. The van der Waals surface area contributed by atoms with E-state index < -0.39 is 5.54 Å². The lowest BCUT2D eigenvalue weighted by atomic mass is 9.86. The summed E-state index contributed by atoms with van der Waals surface area (Å²) in [6.45, 7) is 3.23. The van der Waals surface area contributed by atoms with Gasteiger partial charge in [0.1, 0.15) is 11.3 Å². The molecule has 1 N–H and O–H groups in total. The van der Waals surface area contributed by atoms with Gasteiger partial charge in [-0.15, -0.1) is 0 Å². The van der Waals surface area contributed by atoms with E-state index in [4.69, 9.17) is 21.3 Å². The summed E-state index contributed by atoms with van der Waals surface area (Å²) in [5.41, 5.74) is 2.25. The summed E-state index contributed by atoms with van der Waals surface area (Å²) in [6, 6.07) is 12.2. The molecule has 2 aromatic heterocycles. The lowest BCUT2D eigenvalue weighted by Gasteiger charge is -2.32. The summed E-state index contributed by atoms with van der Waals surface area (Å²) >= 11 is 6.38. The lowest BCUT2D eigenvalue weighted by molar-refractivity contribution is 0.182. The molecule has 0 spiro atoms. The van der Waals surface area contributed by atoms with Crippen LogP contribution in [-0.4, -0.2) is 22.8 Å². The fraction of sp³-hybridized carbons (Fsp3) is 0.364. The van der Waals surface area contributed by atoms with E-state index in [1.54, 1.807) is 0 Å². The monoisotopic (exact) mass is 395 g/mol. The predicted molar refractivity (Wildman–Crippen MR) is 111 cm³/mol. The average Bonchev–Trinajstić information content (AvgIpc) is 3.43. The first kappa shape index (κ1) is 17.7. The predicted octanol–water partition coefficient (Wildman–Crippen LogP) is 4.42. The van der Waals surface area contributed by atoms with Crippen LogP contribution in [0.4, 0.5) is 5.82 Å². The second-order valence-corrected chi connectivity index (χ2v) is 8.22. The summed E-state index contributed by atoms with van der Waals surface area (Å²) < 4.78 is 7.57. The molecule has 1 aliphatic carbocycles. The van der Waals surface area contributed by atoms with Crippen molar-refractivity contribution in [3.8, 4) is 0 Å². The Balaban J connectivity index is 1.58. The molecule has 1 saturated carbocycles. The molecule has 0 bridgehead atoms. The maximum absolute atomic E-state index is 12.9. The van der Waals surface area contributed by atoms with Gasteiger partial charge in [-0.2, -0.15) is 0 Å². The van der Waals surface area contributed by atoms with Crippen LogP contribution in [0, 0.1) is 6.92 Å². The number of hydrogen-bond donors (Lipinski definition) is 1. The summed E-state index contributed by atoms with van der Waals surface area (Å²) in [7, 11) is 0. The molecule has 28 heavy (non-hydrogen) atoms. The van der Waals surface area contributed by atoms with Crippen LogP contribution in [0.3, 0.4) is 0 Å². The van der Waals surface area contributed by atoms with Gasteiger partial charge in [-0.05, 0) is 55.2 Å². The number of halogens is 1. The molecule has 1 aromatic carbocycles. The fourth-order valence-electron chi connectivity index (χ4n) is 4.15. The van der Waals surface area contributed by atoms with Gasteiger partial charge < -0.3 is 14.6 Å². The van der Waals surface area contributed by atoms with Crippen LogP contribution in [0.15, 0.2) is 47.4 Å². The van der Waals surface area contributed by atoms with Gasteiger partial charge in [-0.25, -0.2) is 4.98 Å². The quantitative estimate of drug-likeness (QED) is 0.710. The van der Waals surface area contributed by atoms with Crippen LogP contribution in [0.2, 0.25) is 5.02 Å². The molecule has 1 saturated heterocycles. The molecule has 5 nitrogen and oxygen atoms in total. The highest BCUT2D eigenvalue weighted by atomic mass is 35.5. The van der Waals surface area contributed by atoms with Crippen LogP contribution in [0.1, 0.15) is 36.4 Å². The van der Waals surface area contributed by atoms with Gasteiger partial charge in [0.25, 0.3) is 5.56 Å². The number of rotatable bonds is 4. The lowest BCUT2D eigenvalue weighted by Crippen LogP contribution is -2.37. The first-order chi connectivity index (χ1) is 13.6. The molecular formula is C22H22ClN3O2. The molecule has 1 atom stereocenters. The molecule has 2 aliphatic rings. The Morgan fingerprint density at radius 2 is 2.11 bits per heavy atom. The highest BCUT2D eigenvalue weighted by Crippen LogP contribution is 2.38. The number of aromatic nitrogens is 2. The zero-order valence-electron chi connectivity index (χ0n) is 15.7. The Morgan fingerprint density at radius 1 is 1.25 bits per heavy atom. The van der Waals surface area contributed by atoms with Crippen molar-refractivity contribution in [2.24, 2.45) is 0 Å². The number of nitrogens with zero attached hydrogens (tertiary/aromatic N) is 2. The highest BCUT2D eigenvalue weighted by molar-refractivity contribution is 6.31. The molecule has 3 heterocycles. The zero-order chi connectivity index (χ0) is 19.3. The topological polar surface area (TPSA) is 56.2 Å². The van der Waals surface area contributed by atoms with Gasteiger partial charge >= 0.3 is 0 Å². The summed E-state index contributed by atoms with van der Waals surface area (Å²) in [5, 5.41) is 5.18. The first-order valence-corrected chi connectivity index (χ1v) is 10.1. The second kappa shape index (κ2) is 6.61. The standard InChI is InChI=1S/C22H22ClN3O2/c1-14-17(3-2-4-18(14)23)22(10-12-28-13-22)25-19-8-5-15-9-11-26(16-6-7-16)21(27)20(15)24-19/h2-5,8-9,11,16H,6-7,10,12-13H2,1H3,(H,24,25). The molecule has 5 rings (SSSR count). The second-order valence-electron chi connectivity index (χ2n) is 7.82. The summed E-state index contributed by atoms with van der Waals surface area (Å²) in [4.78, 5) is 17.6. The van der Waals surface area contributed by atoms with Crippen molar-refractivity contribution >= 4 is 28.3 Å². The minimum atomic E-state index is -0.403. The van der Waals surface area contributed by atoms with Crippen molar-refractivity contribution in [3.05, 3.63) is 69.1 Å². The van der Waals surface area contributed by atoms with Gasteiger partial charge in [0.15, 0.2) is 0 Å². The van der Waals surface area contributed by atoms with Crippen molar-refractivity contribution in [2.75, 3.05) is 18.5 Å². The molecule has 144 valence electrons. The van der Waals surface area contributed by atoms with Crippen molar-refractivity contribution in [3.63, 3.8) is 0 Å². The third-order valence-electron chi connectivity index (χ3n) is 5.89. The number of benzene rings is 1. The average molecular weight is 396 g/mol. The molecule has 1 unspecified atom stereocenters. The third-order valence-corrected chi connectivity index (χ3v) is 6.30. The Kier molecular flexibility index (Phi) is 4.18. The van der Waals surface area contributed by atoms with E-state index in [-0.39, 0.29) is 5.56 Å². The van der Waals surface area contributed by atoms with Crippen molar-refractivity contribution in [2.45, 2.75) is 37.8 Å². The van der Waals surface area contributed by atoms with Crippen LogP contribution >= 0.6 is 11.6 Å². The Labute approximate surface area is 168 Å². The number of hydrogen-bond acceptors (Lipinski definition) is 4. The maximum atomic E-state index is 12.9. The minimum Gasteiger partial charge on any atom is -0.379 e. The van der Waals surface area contributed by atoms with E-state index in [0.29, 0.717) is 30.6 Å². The van der Waals surface area contributed by atoms with Gasteiger partial charge in [0.05, 0.1) is 12.1 Å². The van der Waals surface area contributed by atoms with Crippen LogP contribution < -0.4 is 10.9 Å². The number of fused-ring (bicyclic) bond motifs is 1. The maximum Gasteiger partial charge on any atom is 0.277 e. The molecular weight excluding hydrogens is 374 g/mol. The van der Waals surface area contributed by atoms with E-state index in [0.717, 1.165) is 40.8 Å². The number of anilines is 1. The van der Waals surface area contributed by atoms with E-state index in [9.17, 15) is 4.79 Å². The van der Waals surface area contributed by atoms with Crippen molar-refractivity contribution in [1.82, 2.24) is 9.55 Å². The number of nitrogens with one attached hydrogen (secondary N) is 1. The largest absolute Gasteiger partial charge is 0.379 e. The Bertz CT molecular complexity index is 1110. The van der Waals surface area contributed by atoms with Gasteiger partial charge in [0, 0.05) is 35.7 Å². The van der Waals surface area contributed by atoms with Gasteiger partial charge in [-0.1, -0.05) is 23.7 Å². The van der Waals surface area contributed by atoms with Crippen LogP contribution in [-0.2, 0) is 10.3 Å². The van der Waals surface area contributed by atoms with Crippen LogP contribution in [0.5, 0.6) is 0 Å². The first-order valence-electron chi connectivity index (χ1n) is 9.71. The van der Waals surface area contributed by atoms with Gasteiger partial charge in [0.2, 0.25) is 0 Å². The van der Waals surface area contributed by atoms with E-state index in [1.165, 1.54) is 0 Å². The minimum absolute atomic E-state index is 0.0145. The molecule has 0 amide bonds. The molecule has 6 heteroatoms. The molecule has 1 aliphatic heterocycles. The van der Waals surface area contributed by atoms with Crippen molar-refractivity contribution in [1.29, 1.82) is 0 Å². The number of ether oxygens (including phenoxy) is 1.